The number of likely N-dealkylation sites (tertiary alicyclic amines) is 1. The van der Waals surface area contributed by atoms with Gasteiger partial charge in [-0.3, -0.25) is 4.90 Å². The molecule has 0 aliphatic carbocycles. The highest BCUT2D eigenvalue weighted by molar-refractivity contribution is 5.85. The van der Waals surface area contributed by atoms with Crippen LogP contribution in [-0.2, 0) is 4.84 Å². The summed E-state index contributed by atoms with van der Waals surface area (Å²) in [6.07, 6.45) is 7.85. The Balaban J connectivity index is 1.39. The molecule has 1 aromatic heterocycles. The molecule has 2 aliphatic rings. The van der Waals surface area contributed by atoms with Crippen molar-refractivity contribution in [2.24, 2.45) is 5.16 Å². The molecule has 1 unspecified atom stereocenters. The first kappa shape index (κ1) is 14.3. The third kappa shape index (κ3) is 3.91. The van der Waals surface area contributed by atoms with Gasteiger partial charge in [0.05, 0.1) is 5.71 Å². The molecule has 6 heteroatoms. The number of rotatable bonds is 5. The second kappa shape index (κ2) is 6.85. The first-order valence-corrected chi connectivity index (χ1v) is 7.71. The Morgan fingerprint density at radius 1 is 1.29 bits per heavy atom. The number of piperidine rings is 1. The summed E-state index contributed by atoms with van der Waals surface area (Å²) in [7, 11) is 0. The van der Waals surface area contributed by atoms with E-state index in [-0.39, 0.29) is 12.2 Å². The molecule has 21 heavy (non-hydrogen) atoms. The summed E-state index contributed by atoms with van der Waals surface area (Å²) in [4.78, 5) is 16.1. The maximum atomic E-state index is 5.81. The molecule has 1 atom stereocenters. The van der Waals surface area contributed by atoms with Crippen molar-refractivity contribution < 1.29 is 9.57 Å². The second-order valence-corrected chi connectivity index (χ2v) is 5.59. The van der Waals surface area contributed by atoms with Gasteiger partial charge in [-0.1, -0.05) is 12.1 Å². The molecular formula is C15H22N4O2. The second-order valence-electron chi connectivity index (χ2n) is 5.59. The fourth-order valence-electron chi connectivity index (χ4n) is 2.79. The summed E-state index contributed by atoms with van der Waals surface area (Å²) in [6, 6.07) is 2.28. The lowest BCUT2D eigenvalue weighted by atomic mass is 10.1. The molecule has 0 bridgehead atoms. The molecule has 1 fully saturated rings. The highest BCUT2D eigenvalue weighted by Gasteiger charge is 2.26. The first-order valence-electron chi connectivity index (χ1n) is 7.71. The lowest BCUT2D eigenvalue weighted by Crippen LogP contribution is -2.42. The monoisotopic (exact) mass is 290 g/mol. The van der Waals surface area contributed by atoms with Crippen LogP contribution >= 0.6 is 0 Å². The minimum absolute atomic E-state index is 0.218. The SMILES string of the molecule is CCC1=NOC(CN2CCC(Oc3ncccn3)CC2)C1. The molecule has 0 aromatic carbocycles. The smallest absolute Gasteiger partial charge is 0.316 e. The average Bonchev–Trinajstić information content (AvgIpc) is 2.98. The van der Waals surface area contributed by atoms with Gasteiger partial charge in [0.25, 0.3) is 0 Å². The van der Waals surface area contributed by atoms with Gasteiger partial charge >= 0.3 is 6.01 Å². The lowest BCUT2D eigenvalue weighted by molar-refractivity contribution is 0.0290. The van der Waals surface area contributed by atoms with Crippen LogP contribution in [0.3, 0.4) is 0 Å². The van der Waals surface area contributed by atoms with Crippen LogP contribution in [0.4, 0.5) is 0 Å². The van der Waals surface area contributed by atoms with Gasteiger partial charge in [-0.05, 0) is 25.3 Å². The van der Waals surface area contributed by atoms with Crippen molar-refractivity contribution in [3.05, 3.63) is 18.5 Å². The number of aromatic nitrogens is 2. The van der Waals surface area contributed by atoms with Crippen molar-refractivity contribution >= 4 is 5.71 Å². The number of hydrogen-bond donors (Lipinski definition) is 0. The van der Waals surface area contributed by atoms with Crippen LogP contribution < -0.4 is 4.74 Å². The largest absolute Gasteiger partial charge is 0.460 e. The Bertz CT molecular complexity index is 472. The first-order chi connectivity index (χ1) is 10.3. The normalized spacial score (nSPS) is 23.7. The molecule has 0 radical (unpaired) electrons. The Morgan fingerprint density at radius 2 is 2.05 bits per heavy atom. The molecule has 1 saturated heterocycles. The summed E-state index contributed by atoms with van der Waals surface area (Å²) in [5.41, 5.74) is 1.18. The van der Waals surface area contributed by atoms with Crippen LogP contribution in [0.25, 0.3) is 0 Å². The van der Waals surface area contributed by atoms with Crippen molar-refractivity contribution in [3.8, 4) is 6.01 Å². The van der Waals surface area contributed by atoms with E-state index in [9.17, 15) is 0 Å². The van der Waals surface area contributed by atoms with E-state index in [0.29, 0.717) is 6.01 Å². The number of ether oxygens (including phenoxy) is 1. The van der Waals surface area contributed by atoms with E-state index in [4.69, 9.17) is 9.57 Å². The number of nitrogens with zero attached hydrogens (tertiary/aromatic N) is 4. The van der Waals surface area contributed by atoms with Crippen LogP contribution in [0.1, 0.15) is 32.6 Å². The van der Waals surface area contributed by atoms with Crippen LogP contribution in [-0.4, -0.2) is 52.4 Å². The van der Waals surface area contributed by atoms with E-state index in [0.717, 1.165) is 45.3 Å². The lowest BCUT2D eigenvalue weighted by Gasteiger charge is -2.32. The summed E-state index contributed by atoms with van der Waals surface area (Å²) < 4.78 is 5.81. The van der Waals surface area contributed by atoms with Crippen LogP contribution in [0, 0.1) is 0 Å². The third-order valence-electron chi connectivity index (χ3n) is 4.01. The van der Waals surface area contributed by atoms with Gasteiger partial charge < -0.3 is 9.57 Å². The minimum Gasteiger partial charge on any atom is -0.460 e. The van der Waals surface area contributed by atoms with Crippen molar-refractivity contribution in [2.75, 3.05) is 19.6 Å². The Hall–Kier alpha value is -1.69. The Morgan fingerprint density at radius 3 is 2.71 bits per heavy atom. The molecule has 114 valence electrons. The van der Waals surface area contributed by atoms with Gasteiger partial charge in [0.1, 0.15) is 12.2 Å². The van der Waals surface area contributed by atoms with Crippen molar-refractivity contribution in [3.63, 3.8) is 0 Å². The standard InChI is InChI=1S/C15H22N4O2/c1-2-12-10-14(21-18-12)11-19-8-4-13(5-9-19)20-15-16-6-3-7-17-15/h3,6-7,13-14H,2,4-5,8-11H2,1H3. The highest BCUT2D eigenvalue weighted by atomic mass is 16.6. The maximum Gasteiger partial charge on any atom is 0.316 e. The zero-order valence-corrected chi connectivity index (χ0v) is 12.4. The summed E-state index contributed by atoms with van der Waals surface area (Å²) in [6.45, 7) is 5.14. The fraction of sp³-hybridized carbons (Fsp3) is 0.667. The molecular weight excluding hydrogens is 268 g/mol. The van der Waals surface area contributed by atoms with Gasteiger partial charge in [0, 0.05) is 38.4 Å². The zero-order valence-electron chi connectivity index (χ0n) is 12.4. The topological polar surface area (TPSA) is 59.8 Å². The van der Waals surface area contributed by atoms with Gasteiger partial charge in [-0.15, -0.1) is 0 Å². The van der Waals surface area contributed by atoms with E-state index >= 15 is 0 Å². The van der Waals surface area contributed by atoms with Crippen LogP contribution in [0.5, 0.6) is 6.01 Å². The summed E-state index contributed by atoms with van der Waals surface area (Å²) in [5, 5.41) is 4.12. The third-order valence-corrected chi connectivity index (χ3v) is 4.01. The summed E-state index contributed by atoms with van der Waals surface area (Å²) >= 11 is 0. The quantitative estimate of drug-likeness (QED) is 0.828. The zero-order chi connectivity index (χ0) is 14.5. The van der Waals surface area contributed by atoms with Gasteiger partial charge in [0.15, 0.2) is 0 Å². The molecule has 6 nitrogen and oxygen atoms in total. The van der Waals surface area contributed by atoms with E-state index in [1.165, 1.54) is 5.71 Å². The maximum absolute atomic E-state index is 5.81. The van der Waals surface area contributed by atoms with E-state index in [1.807, 2.05) is 0 Å². The van der Waals surface area contributed by atoms with E-state index < -0.39 is 0 Å². The molecule has 0 amide bonds. The van der Waals surface area contributed by atoms with Gasteiger partial charge in [-0.25, -0.2) is 9.97 Å². The molecule has 3 rings (SSSR count). The van der Waals surface area contributed by atoms with Crippen LogP contribution in [0.15, 0.2) is 23.6 Å². The van der Waals surface area contributed by atoms with Gasteiger partial charge in [-0.2, -0.15) is 0 Å². The molecule has 0 saturated carbocycles. The Kier molecular flexibility index (Phi) is 4.65. The van der Waals surface area contributed by atoms with Gasteiger partial charge in [0.2, 0.25) is 0 Å². The fourth-order valence-corrected chi connectivity index (χ4v) is 2.79. The van der Waals surface area contributed by atoms with Crippen molar-refractivity contribution in [1.82, 2.24) is 14.9 Å². The van der Waals surface area contributed by atoms with Crippen molar-refractivity contribution in [1.29, 1.82) is 0 Å². The molecule has 3 heterocycles. The van der Waals surface area contributed by atoms with E-state index in [2.05, 4.69) is 26.9 Å². The minimum atomic E-state index is 0.218. The average molecular weight is 290 g/mol. The highest BCUT2D eigenvalue weighted by Crippen LogP contribution is 2.19. The molecule has 1 aromatic rings. The molecule has 0 N–H and O–H groups in total. The summed E-state index contributed by atoms with van der Waals surface area (Å²) in [5.74, 6) is 0. The predicted octanol–water partition coefficient (Wildman–Crippen LogP) is 1.87. The number of oxime groups is 1. The molecule has 0 spiro atoms. The van der Waals surface area contributed by atoms with Crippen molar-refractivity contribution in [2.45, 2.75) is 44.8 Å². The Labute approximate surface area is 125 Å². The molecule has 2 aliphatic heterocycles. The number of hydrogen-bond acceptors (Lipinski definition) is 6. The predicted molar refractivity (Wildman–Crippen MR) is 79.3 cm³/mol. The van der Waals surface area contributed by atoms with E-state index in [1.54, 1.807) is 18.5 Å². The van der Waals surface area contributed by atoms with Crippen LogP contribution in [0.2, 0.25) is 0 Å².